The van der Waals surface area contributed by atoms with E-state index in [0.29, 0.717) is 5.70 Å². The van der Waals surface area contributed by atoms with E-state index in [1.807, 2.05) is 6.07 Å². The van der Waals surface area contributed by atoms with Gasteiger partial charge in [-0.25, -0.2) is 10.9 Å². The number of rotatable bonds is 4. The third-order valence-corrected chi connectivity index (χ3v) is 1.14. The van der Waals surface area contributed by atoms with Crippen LogP contribution in [0.25, 0.3) is 0 Å². The van der Waals surface area contributed by atoms with Gasteiger partial charge in [-0.3, -0.25) is 4.84 Å². The number of hydrogen-bond acceptors (Lipinski definition) is 4. The van der Waals surface area contributed by atoms with Crippen LogP contribution in [0.2, 0.25) is 0 Å². The summed E-state index contributed by atoms with van der Waals surface area (Å²) in [5.74, 6) is 4.84. The molecule has 0 spiro atoms. The van der Waals surface area contributed by atoms with Gasteiger partial charge in [0.25, 0.3) is 0 Å². The zero-order valence-electron chi connectivity index (χ0n) is 6.95. The fourth-order valence-corrected chi connectivity index (χ4v) is 0.537. The van der Waals surface area contributed by atoms with Gasteiger partial charge in [-0.05, 0) is 13.0 Å². The Bertz CT molecular complexity index is 248. The average molecular weight is 165 g/mol. The molecule has 0 saturated carbocycles. The Kier molecular flexibility index (Phi) is 5.53. The highest BCUT2D eigenvalue weighted by Crippen LogP contribution is 1.97. The van der Waals surface area contributed by atoms with E-state index in [2.05, 4.69) is 16.4 Å². The van der Waals surface area contributed by atoms with E-state index in [4.69, 9.17) is 11.2 Å². The maximum atomic E-state index is 8.49. The first kappa shape index (κ1) is 10.6. The second-order valence-corrected chi connectivity index (χ2v) is 1.90. The summed E-state index contributed by atoms with van der Waals surface area (Å²) in [6.45, 7) is 5.40. The summed E-state index contributed by atoms with van der Waals surface area (Å²) < 4.78 is 0. The van der Waals surface area contributed by atoms with Crippen molar-refractivity contribution in [3.8, 4) is 6.07 Å². The van der Waals surface area contributed by atoms with Crippen molar-refractivity contribution in [2.45, 2.75) is 6.92 Å². The van der Waals surface area contributed by atoms with E-state index in [1.165, 1.54) is 6.08 Å². The number of aliphatic imine (C=N–C) groups is 1. The molecular weight excluding hydrogens is 154 g/mol. The molecule has 0 aromatic rings. The van der Waals surface area contributed by atoms with Gasteiger partial charge in [0.05, 0.1) is 5.70 Å². The first-order chi connectivity index (χ1) is 5.78. The van der Waals surface area contributed by atoms with Crippen molar-refractivity contribution in [2.24, 2.45) is 10.9 Å². The van der Waals surface area contributed by atoms with Gasteiger partial charge in [0.15, 0.2) is 0 Å². The summed E-state index contributed by atoms with van der Waals surface area (Å²) >= 11 is 0. The lowest BCUT2D eigenvalue weighted by Gasteiger charge is -1.97. The molecule has 0 amide bonds. The minimum Gasteiger partial charge on any atom is -0.298 e. The van der Waals surface area contributed by atoms with Crippen molar-refractivity contribution >= 4 is 5.71 Å². The molecule has 12 heavy (non-hydrogen) atoms. The maximum Gasteiger partial charge on any atom is 0.140 e. The third-order valence-electron chi connectivity index (χ3n) is 1.14. The molecule has 0 aromatic carbocycles. The zero-order chi connectivity index (χ0) is 9.40. The molecule has 0 unspecified atom stereocenters. The van der Waals surface area contributed by atoms with E-state index in [9.17, 15) is 0 Å². The number of nitriles is 1. The Labute approximate surface area is 71.6 Å². The number of allylic oxidation sites excluding steroid dienone is 2. The van der Waals surface area contributed by atoms with Crippen LogP contribution in [-0.2, 0) is 4.84 Å². The minimum atomic E-state index is 0.190. The normalized spacial score (nSPS) is 12.4. The van der Waals surface area contributed by atoms with Crippen molar-refractivity contribution in [3.63, 3.8) is 0 Å². The summed E-state index contributed by atoms with van der Waals surface area (Å²) in [6.07, 6.45) is 3.09. The van der Waals surface area contributed by atoms with Gasteiger partial charge in [0.2, 0.25) is 0 Å². The van der Waals surface area contributed by atoms with Crippen LogP contribution in [0.15, 0.2) is 29.4 Å². The van der Waals surface area contributed by atoms with Gasteiger partial charge in [-0.2, -0.15) is 5.26 Å². The summed E-state index contributed by atoms with van der Waals surface area (Å²) in [6, 6.07) is 1.87. The Morgan fingerprint density at radius 3 is 2.83 bits per heavy atom. The fourth-order valence-electron chi connectivity index (χ4n) is 0.537. The lowest BCUT2D eigenvalue weighted by atomic mass is 10.3. The quantitative estimate of drug-likeness (QED) is 0.497. The van der Waals surface area contributed by atoms with Gasteiger partial charge in [-0.1, -0.05) is 12.7 Å². The van der Waals surface area contributed by atoms with Crippen LogP contribution in [0.4, 0.5) is 0 Å². The first-order valence-corrected chi connectivity index (χ1v) is 3.36. The molecule has 2 N–H and O–H groups in total. The highest BCUT2D eigenvalue weighted by atomic mass is 16.6. The minimum absolute atomic E-state index is 0.190. The zero-order valence-corrected chi connectivity index (χ0v) is 6.95. The molecular formula is C8H11N3O. The molecule has 0 rings (SSSR count). The molecule has 0 aliphatic heterocycles. The predicted molar refractivity (Wildman–Crippen MR) is 47.1 cm³/mol. The predicted octanol–water partition coefficient (Wildman–Crippen LogP) is 0.931. The lowest BCUT2D eigenvalue weighted by molar-refractivity contribution is 0.160. The SMILES string of the molecule is C=CC(C#N)=N/C(=C\C)CON. The van der Waals surface area contributed by atoms with E-state index < -0.39 is 0 Å². The van der Waals surface area contributed by atoms with Crippen LogP contribution in [-0.4, -0.2) is 12.3 Å². The van der Waals surface area contributed by atoms with E-state index in [-0.39, 0.29) is 12.3 Å². The van der Waals surface area contributed by atoms with Crippen molar-refractivity contribution in [2.75, 3.05) is 6.61 Å². The van der Waals surface area contributed by atoms with Crippen LogP contribution >= 0.6 is 0 Å². The number of nitrogens with two attached hydrogens (primary N) is 1. The van der Waals surface area contributed by atoms with Crippen LogP contribution in [0.1, 0.15) is 6.92 Å². The molecule has 0 saturated heterocycles. The highest BCUT2D eigenvalue weighted by molar-refractivity contribution is 6.07. The largest absolute Gasteiger partial charge is 0.298 e. The third kappa shape index (κ3) is 3.66. The average Bonchev–Trinajstić information content (AvgIpc) is 2.12. The molecule has 4 nitrogen and oxygen atoms in total. The van der Waals surface area contributed by atoms with Crippen LogP contribution in [0.5, 0.6) is 0 Å². The molecule has 0 heterocycles. The van der Waals surface area contributed by atoms with E-state index in [1.54, 1.807) is 13.0 Å². The van der Waals surface area contributed by atoms with Crippen LogP contribution < -0.4 is 5.90 Å². The second-order valence-electron chi connectivity index (χ2n) is 1.90. The molecule has 0 bridgehead atoms. The summed E-state index contributed by atoms with van der Waals surface area (Å²) in [5.41, 5.74) is 0.856. The van der Waals surface area contributed by atoms with Gasteiger partial charge >= 0.3 is 0 Å². The highest BCUT2D eigenvalue weighted by Gasteiger charge is 1.94. The molecule has 0 atom stereocenters. The number of hydrogen-bond donors (Lipinski definition) is 1. The van der Waals surface area contributed by atoms with Crippen LogP contribution in [0, 0.1) is 11.3 Å². The summed E-state index contributed by atoms with van der Waals surface area (Å²) in [5, 5.41) is 8.49. The van der Waals surface area contributed by atoms with Gasteiger partial charge < -0.3 is 0 Å². The van der Waals surface area contributed by atoms with Crippen molar-refractivity contribution in [1.82, 2.24) is 0 Å². The lowest BCUT2D eigenvalue weighted by Crippen LogP contribution is -2.03. The van der Waals surface area contributed by atoms with Crippen molar-refractivity contribution < 1.29 is 4.84 Å². The van der Waals surface area contributed by atoms with E-state index in [0.717, 1.165) is 0 Å². The Morgan fingerprint density at radius 1 is 1.83 bits per heavy atom. The second kappa shape index (κ2) is 6.28. The molecule has 0 radical (unpaired) electrons. The van der Waals surface area contributed by atoms with Crippen LogP contribution in [0.3, 0.4) is 0 Å². The molecule has 0 aromatic heterocycles. The smallest absolute Gasteiger partial charge is 0.140 e. The maximum absolute atomic E-state index is 8.49. The molecule has 4 heteroatoms. The Morgan fingerprint density at radius 2 is 2.50 bits per heavy atom. The summed E-state index contributed by atoms with van der Waals surface area (Å²) in [4.78, 5) is 8.28. The first-order valence-electron chi connectivity index (χ1n) is 3.36. The van der Waals surface area contributed by atoms with Gasteiger partial charge in [0.1, 0.15) is 18.4 Å². The molecule has 64 valence electrons. The molecule has 0 fully saturated rings. The molecule has 0 aliphatic carbocycles. The standard InChI is InChI=1S/C8H11N3O/c1-3-7(5-9)11-8(4-2)6-12-10/h3-4H,1,6,10H2,2H3/b8-4-,11-7?. The Hall–Kier alpha value is -1.44. The number of nitrogens with zero attached hydrogens (tertiary/aromatic N) is 2. The fraction of sp³-hybridized carbons (Fsp3) is 0.250. The van der Waals surface area contributed by atoms with Crippen molar-refractivity contribution in [1.29, 1.82) is 5.26 Å². The van der Waals surface area contributed by atoms with E-state index >= 15 is 0 Å². The topological polar surface area (TPSA) is 71.4 Å². The summed E-state index contributed by atoms with van der Waals surface area (Å²) in [7, 11) is 0. The van der Waals surface area contributed by atoms with Gasteiger partial charge in [0, 0.05) is 0 Å². The van der Waals surface area contributed by atoms with Gasteiger partial charge in [-0.15, -0.1) is 0 Å². The van der Waals surface area contributed by atoms with Crippen molar-refractivity contribution in [3.05, 3.63) is 24.4 Å². The molecule has 0 aliphatic rings. The monoisotopic (exact) mass is 165 g/mol. The Balaban J connectivity index is 4.47.